The monoisotopic (exact) mass is 405 g/mol. The highest BCUT2D eigenvalue weighted by Gasteiger charge is 2.22. The Morgan fingerprint density at radius 2 is 1.66 bits per heavy atom. The smallest absolute Gasteiger partial charge is 0.272 e. The zero-order chi connectivity index (χ0) is 20.1. The lowest BCUT2D eigenvalue weighted by molar-refractivity contribution is 0.0741. The van der Waals surface area contributed by atoms with Crippen molar-refractivity contribution < 1.29 is 8.98 Å². The normalized spacial score (nSPS) is 14.0. The number of anilines is 1. The van der Waals surface area contributed by atoms with E-state index in [9.17, 15) is 4.79 Å². The average Bonchev–Trinajstić information content (AvgIpc) is 2.79. The van der Waals surface area contributed by atoms with Gasteiger partial charge in [-0.05, 0) is 55.5 Å². The minimum absolute atomic E-state index is 0.00197. The summed E-state index contributed by atoms with van der Waals surface area (Å²) in [6.45, 7) is 5.06. The molecule has 0 aliphatic carbocycles. The molecule has 0 atom stereocenters. The molecule has 1 fully saturated rings. The van der Waals surface area contributed by atoms with Crippen LogP contribution in [0.2, 0.25) is 0 Å². The molecule has 4 rings (SSSR count). The van der Waals surface area contributed by atoms with Gasteiger partial charge in [-0.1, -0.05) is 23.8 Å². The number of hydrogen-bond donors (Lipinski definition) is 0. The lowest BCUT2D eigenvalue weighted by Gasteiger charge is -2.36. The van der Waals surface area contributed by atoms with Gasteiger partial charge in [0.2, 0.25) is 0 Å². The van der Waals surface area contributed by atoms with Gasteiger partial charge in [0.1, 0.15) is 11.4 Å². The number of benzene rings is 2. The number of nitrogens with zero attached hydrogens (tertiary/aromatic N) is 3. The molecule has 0 bridgehead atoms. The molecular weight excluding hydrogens is 382 g/mol. The predicted molar refractivity (Wildman–Crippen MR) is 116 cm³/mol. The van der Waals surface area contributed by atoms with E-state index in [0.717, 1.165) is 29.4 Å². The average molecular weight is 406 g/mol. The topological polar surface area (TPSA) is 45.7 Å². The second kappa shape index (κ2) is 9.01. The highest BCUT2D eigenvalue weighted by atomic mass is 32.2. The fraction of sp³-hybridized carbons (Fsp3) is 0.217. The molecule has 0 saturated carbocycles. The maximum atomic E-state index is 12.5. The van der Waals surface area contributed by atoms with E-state index in [-0.39, 0.29) is 5.91 Å². The molecule has 1 amide bonds. The number of piperazine rings is 1. The zero-order valence-electron chi connectivity index (χ0n) is 16.3. The van der Waals surface area contributed by atoms with Gasteiger partial charge in [-0.3, -0.25) is 9.78 Å². The molecule has 1 saturated heterocycles. The summed E-state index contributed by atoms with van der Waals surface area (Å²) in [5, 5.41) is 0. The molecule has 1 aromatic heterocycles. The van der Waals surface area contributed by atoms with Crippen molar-refractivity contribution in [1.82, 2.24) is 9.88 Å². The molecule has 2 heterocycles. The standard InChI is InChI=1S/C23H23N3O2S/c1-18-5-11-21(12-6-18)29-28-20-9-7-19(8-10-20)25-14-16-26(17-15-25)23(27)22-4-2-3-13-24-22/h2-13H,14-17H2,1H3. The number of carbonyl (C=O) groups is 1. The van der Waals surface area contributed by atoms with Crippen molar-refractivity contribution in [2.75, 3.05) is 31.1 Å². The van der Waals surface area contributed by atoms with Crippen LogP contribution < -0.4 is 9.08 Å². The van der Waals surface area contributed by atoms with E-state index in [0.29, 0.717) is 18.8 Å². The van der Waals surface area contributed by atoms with Crippen LogP contribution >= 0.6 is 12.0 Å². The lowest BCUT2D eigenvalue weighted by Crippen LogP contribution is -2.49. The van der Waals surface area contributed by atoms with Crippen LogP contribution in [0.5, 0.6) is 5.75 Å². The van der Waals surface area contributed by atoms with E-state index in [1.807, 2.05) is 29.2 Å². The summed E-state index contributed by atoms with van der Waals surface area (Å²) in [7, 11) is 0. The van der Waals surface area contributed by atoms with Gasteiger partial charge in [0, 0.05) is 43.0 Å². The largest absolute Gasteiger partial charge is 0.421 e. The van der Waals surface area contributed by atoms with Crippen LogP contribution in [0.15, 0.2) is 77.8 Å². The molecule has 0 N–H and O–H groups in total. The lowest BCUT2D eigenvalue weighted by atomic mass is 10.2. The molecule has 3 aromatic rings. The Labute approximate surface area is 175 Å². The van der Waals surface area contributed by atoms with E-state index in [4.69, 9.17) is 4.18 Å². The predicted octanol–water partition coefficient (Wildman–Crippen LogP) is 4.44. The number of hydrogen-bond acceptors (Lipinski definition) is 5. The van der Waals surface area contributed by atoms with Gasteiger partial charge in [0.25, 0.3) is 5.91 Å². The number of carbonyl (C=O) groups excluding carboxylic acids is 1. The van der Waals surface area contributed by atoms with E-state index >= 15 is 0 Å². The number of aryl methyl sites for hydroxylation is 1. The van der Waals surface area contributed by atoms with Gasteiger partial charge in [0.15, 0.2) is 0 Å². The third-order valence-corrected chi connectivity index (χ3v) is 5.65. The Balaban J connectivity index is 1.30. The van der Waals surface area contributed by atoms with Crippen molar-refractivity contribution in [3.05, 3.63) is 84.2 Å². The van der Waals surface area contributed by atoms with Gasteiger partial charge in [-0.25, -0.2) is 0 Å². The van der Waals surface area contributed by atoms with Crippen molar-refractivity contribution in [3.8, 4) is 5.75 Å². The number of aromatic nitrogens is 1. The number of rotatable bonds is 5. The van der Waals surface area contributed by atoms with E-state index in [1.165, 1.54) is 17.6 Å². The Kier molecular flexibility index (Phi) is 6.00. The van der Waals surface area contributed by atoms with Crippen molar-refractivity contribution in [1.29, 1.82) is 0 Å². The molecule has 148 valence electrons. The first-order valence-corrected chi connectivity index (χ1v) is 10.4. The molecular formula is C23H23N3O2S. The summed E-state index contributed by atoms with van der Waals surface area (Å²) in [5.74, 6) is 0.824. The van der Waals surface area contributed by atoms with Gasteiger partial charge in [-0.15, -0.1) is 0 Å². The molecule has 0 unspecified atom stereocenters. The van der Waals surface area contributed by atoms with Crippen molar-refractivity contribution in [2.24, 2.45) is 0 Å². The maximum absolute atomic E-state index is 12.5. The highest BCUT2D eigenvalue weighted by molar-refractivity contribution is 7.95. The Morgan fingerprint density at radius 3 is 2.31 bits per heavy atom. The van der Waals surface area contributed by atoms with Crippen LogP contribution in [0, 0.1) is 6.92 Å². The summed E-state index contributed by atoms with van der Waals surface area (Å²) in [4.78, 5) is 21.9. The first kappa shape index (κ1) is 19.3. The Bertz CT molecular complexity index is 938. The van der Waals surface area contributed by atoms with Crippen LogP contribution in [-0.4, -0.2) is 42.0 Å². The van der Waals surface area contributed by atoms with Crippen molar-refractivity contribution in [2.45, 2.75) is 11.8 Å². The van der Waals surface area contributed by atoms with Crippen LogP contribution in [0.3, 0.4) is 0 Å². The van der Waals surface area contributed by atoms with Crippen LogP contribution in [0.4, 0.5) is 5.69 Å². The van der Waals surface area contributed by atoms with Gasteiger partial charge in [0.05, 0.1) is 12.0 Å². The molecule has 29 heavy (non-hydrogen) atoms. The molecule has 5 nitrogen and oxygen atoms in total. The molecule has 1 aliphatic rings. The number of amides is 1. The molecule has 6 heteroatoms. The third-order valence-electron chi connectivity index (χ3n) is 4.91. The highest BCUT2D eigenvalue weighted by Crippen LogP contribution is 2.26. The first-order valence-electron chi connectivity index (χ1n) is 9.65. The Hall–Kier alpha value is -2.99. The zero-order valence-corrected chi connectivity index (χ0v) is 17.1. The summed E-state index contributed by atoms with van der Waals surface area (Å²) in [5.41, 5.74) is 2.89. The SMILES string of the molecule is Cc1ccc(SOc2ccc(N3CCN(C(=O)c4ccccn4)CC3)cc2)cc1. The van der Waals surface area contributed by atoms with Crippen LogP contribution in [0.1, 0.15) is 16.1 Å². The molecule has 1 aliphatic heterocycles. The Morgan fingerprint density at radius 1 is 0.931 bits per heavy atom. The summed E-state index contributed by atoms with van der Waals surface area (Å²) < 4.78 is 5.81. The fourth-order valence-electron chi connectivity index (χ4n) is 3.22. The molecule has 0 radical (unpaired) electrons. The first-order chi connectivity index (χ1) is 14.2. The van der Waals surface area contributed by atoms with E-state index < -0.39 is 0 Å². The van der Waals surface area contributed by atoms with E-state index in [2.05, 4.69) is 53.2 Å². The summed E-state index contributed by atoms with van der Waals surface area (Å²) in [6.07, 6.45) is 1.66. The summed E-state index contributed by atoms with van der Waals surface area (Å²) in [6, 6.07) is 21.8. The second-order valence-electron chi connectivity index (χ2n) is 6.97. The molecule has 0 spiro atoms. The fourth-order valence-corrected chi connectivity index (χ4v) is 3.77. The summed E-state index contributed by atoms with van der Waals surface area (Å²) >= 11 is 1.36. The third kappa shape index (κ3) is 4.90. The van der Waals surface area contributed by atoms with Crippen LogP contribution in [0.25, 0.3) is 0 Å². The van der Waals surface area contributed by atoms with Gasteiger partial charge in [-0.2, -0.15) is 0 Å². The van der Waals surface area contributed by atoms with Gasteiger partial charge >= 0.3 is 0 Å². The van der Waals surface area contributed by atoms with Crippen LogP contribution in [-0.2, 0) is 0 Å². The minimum Gasteiger partial charge on any atom is -0.421 e. The maximum Gasteiger partial charge on any atom is 0.272 e. The second-order valence-corrected chi connectivity index (χ2v) is 7.77. The van der Waals surface area contributed by atoms with Gasteiger partial charge < -0.3 is 14.0 Å². The van der Waals surface area contributed by atoms with Crippen molar-refractivity contribution in [3.63, 3.8) is 0 Å². The van der Waals surface area contributed by atoms with E-state index in [1.54, 1.807) is 12.3 Å². The minimum atomic E-state index is 0.00197. The quantitative estimate of drug-likeness (QED) is 0.587. The number of pyridine rings is 1. The van der Waals surface area contributed by atoms with Crippen molar-refractivity contribution >= 4 is 23.6 Å². The molecule has 2 aromatic carbocycles.